The number of hydrogen-bond acceptors (Lipinski definition) is 5. The Kier molecular flexibility index (Phi) is 6.73. The molecule has 1 heterocycles. The first-order valence-electron chi connectivity index (χ1n) is 9.98. The van der Waals surface area contributed by atoms with E-state index in [0.717, 1.165) is 6.42 Å². The first-order valence-corrected chi connectivity index (χ1v) is 12.9. The topological polar surface area (TPSA) is 113 Å². The summed E-state index contributed by atoms with van der Waals surface area (Å²) in [6.07, 6.45) is 0.999. The van der Waals surface area contributed by atoms with Crippen LogP contribution in [0.15, 0.2) is 58.3 Å². The van der Waals surface area contributed by atoms with E-state index in [1.54, 1.807) is 0 Å². The summed E-state index contributed by atoms with van der Waals surface area (Å²) in [6, 6.07) is 11.4. The molecule has 0 bridgehead atoms. The SMILES string of the molecule is CC(=O)Nc1ccc(S(=O)(=O)Nc2ccc(S(=O)(=O)N3C[C@H](C)C[C@H](C)C3)cc2)cc1. The lowest BCUT2D eigenvalue weighted by Gasteiger charge is -2.34. The molecule has 1 aliphatic rings. The molecule has 1 saturated heterocycles. The van der Waals surface area contributed by atoms with Gasteiger partial charge in [0, 0.05) is 31.4 Å². The van der Waals surface area contributed by atoms with E-state index in [9.17, 15) is 21.6 Å². The Hall–Kier alpha value is -2.43. The molecule has 1 aliphatic heterocycles. The second-order valence-corrected chi connectivity index (χ2v) is 11.7. The molecule has 0 saturated carbocycles. The number of carbonyl (C=O) groups is 1. The predicted molar refractivity (Wildman–Crippen MR) is 120 cm³/mol. The van der Waals surface area contributed by atoms with E-state index < -0.39 is 20.0 Å². The molecule has 168 valence electrons. The number of sulfonamides is 2. The number of benzene rings is 2. The van der Waals surface area contributed by atoms with Crippen LogP contribution in [0.25, 0.3) is 0 Å². The molecule has 8 nitrogen and oxygen atoms in total. The molecule has 0 aromatic heterocycles. The number of rotatable bonds is 6. The van der Waals surface area contributed by atoms with Crippen LogP contribution in [0.3, 0.4) is 0 Å². The number of hydrogen-bond donors (Lipinski definition) is 2. The lowest BCUT2D eigenvalue weighted by molar-refractivity contribution is -0.114. The third-order valence-electron chi connectivity index (χ3n) is 5.06. The van der Waals surface area contributed by atoms with Crippen molar-refractivity contribution in [3.8, 4) is 0 Å². The van der Waals surface area contributed by atoms with Crippen LogP contribution in [0, 0.1) is 11.8 Å². The zero-order valence-corrected chi connectivity index (χ0v) is 19.3. The van der Waals surface area contributed by atoms with Crippen LogP contribution in [-0.4, -0.2) is 40.1 Å². The Labute approximate surface area is 183 Å². The zero-order valence-electron chi connectivity index (χ0n) is 17.7. The molecule has 0 unspecified atom stereocenters. The van der Waals surface area contributed by atoms with E-state index in [0.29, 0.717) is 30.6 Å². The van der Waals surface area contributed by atoms with Gasteiger partial charge in [-0.25, -0.2) is 16.8 Å². The van der Waals surface area contributed by atoms with Crippen LogP contribution in [0.2, 0.25) is 0 Å². The van der Waals surface area contributed by atoms with Crippen molar-refractivity contribution in [2.24, 2.45) is 11.8 Å². The van der Waals surface area contributed by atoms with Crippen molar-refractivity contribution in [1.29, 1.82) is 0 Å². The van der Waals surface area contributed by atoms with E-state index in [1.807, 2.05) is 13.8 Å². The smallest absolute Gasteiger partial charge is 0.261 e. The first-order chi connectivity index (χ1) is 14.5. The summed E-state index contributed by atoms with van der Waals surface area (Å²) in [7, 11) is -7.50. The van der Waals surface area contributed by atoms with Gasteiger partial charge >= 0.3 is 0 Å². The van der Waals surface area contributed by atoms with Crippen molar-refractivity contribution < 1.29 is 21.6 Å². The van der Waals surface area contributed by atoms with Crippen LogP contribution >= 0.6 is 0 Å². The summed E-state index contributed by atoms with van der Waals surface area (Å²) in [4.78, 5) is 11.2. The maximum atomic E-state index is 13.0. The van der Waals surface area contributed by atoms with Crippen LogP contribution in [-0.2, 0) is 24.8 Å². The molecular weight excluding hydrogens is 438 g/mol. The van der Waals surface area contributed by atoms with Crippen molar-refractivity contribution in [3.63, 3.8) is 0 Å². The fourth-order valence-corrected chi connectivity index (χ4v) is 6.52. The third-order valence-corrected chi connectivity index (χ3v) is 8.31. The van der Waals surface area contributed by atoms with E-state index in [4.69, 9.17) is 0 Å². The standard InChI is InChI=1S/C21H27N3O5S2/c1-15-12-16(2)14-24(13-15)31(28,29)21-10-6-19(7-11-21)23-30(26,27)20-8-4-18(5-9-20)22-17(3)25/h4-11,15-16,23H,12-14H2,1-3H3,(H,22,25)/t15-,16+. The van der Waals surface area contributed by atoms with Gasteiger partial charge in [-0.2, -0.15) is 4.31 Å². The van der Waals surface area contributed by atoms with Crippen LogP contribution in [0.1, 0.15) is 27.2 Å². The summed E-state index contributed by atoms with van der Waals surface area (Å²) < 4.78 is 55.1. The number of amides is 1. The Morgan fingerprint density at radius 2 is 1.32 bits per heavy atom. The summed E-state index contributed by atoms with van der Waals surface area (Å²) in [5.74, 6) is 0.334. The van der Waals surface area contributed by atoms with Gasteiger partial charge in [0.2, 0.25) is 15.9 Å². The molecule has 2 atom stereocenters. The number of anilines is 2. The summed E-state index contributed by atoms with van der Waals surface area (Å²) in [5, 5.41) is 2.57. The van der Waals surface area contributed by atoms with Crippen LogP contribution < -0.4 is 10.0 Å². The summed E-state index contributed by atoms with van der Waals surface area (Å²) in [5.41, 5.74) is 0.743. The lowest BCUT2D eigenvalue weighted by Crippen LogP contribution is -2.42. The van der Waals surface area contributed by atoms with Crippen LogP contribution in [0.4, 0.5) is 11.4 Å². The quantitative estimate of drug-likeness (QED) is 0.681. The highest BCUT2D eigenvalue weighted by molar-refractivity contribution is 7.92. The Balaban J connectivity index is 1.74. The van der Waals surface area contributed by atoms with Crippen molar-refractivity contribution in [1.82, 2.24) is 4.31 Å². The Bertz CT molecular complexity index is 1130. The molecule has 1 fully saturated rings. The minimum atomic E-state index is -3.86. The van der Waals surface area contributed by atoms with Gasteiger partial charge in [-0.3, -0.25) is 9.52 Å². The molecule has 0 aliphatic carbocycles. The van der Waals surface area contributed by atoms with Gasteiger partial charge in [0.05, 0.1) is 9.79 Å². The fourth-order valence-electron chi connectivity index (χ4n) is 3.78. The number of nitrogens with one attached hydrogen (secondary N) is 2. The molecule has 2 aromatic carbocycles. The van der Waals surface area contributed by atoms with E-state index in [-0.39, 0.29) is 21.4 Å². The fraction of sp³-hybridized carbons (Fsp3) is 0.381. The molecule has 10 heteroatoms. The minimum absolute atomic E-state index is 0.0228. The van der Waals surface area contributed by atoms with Gasteiger partial charge in [-0.1, -0.05) is 13.8 Å². The molecule has 1 amide bonds. The zero-order chi connectivity index (χ0) is 22.8. The highest BCUT2D eigenvalue weighted by Crippen LogP contribution is 2.27. The predicted octanol–water partition coefficient (Wildman–Crippen LogP) is 3.11. The highest BCUT2D eigenvalue weighted by atomic mass is 32.2. The number of carbonyl (C=O) groups excluding carboxylic acids is 1. The van der Waals surface area contributed by atoms with E-state index in [1.165, 1.54) is 59.8 Å². The van der Waals surface area contributed by atoms with Gasteiger partial charge < -0.3 is 5.32 Å². The van der Waals surface area contributed by atoms with Crippen molar-refractivity contribution in [2.45, 2.75) is 37.0 Å². The van der Waals surface area contributed by atoms with Crippen molar-refractivity contribution >= 4 is 37.3 Å². The number of nitrogens with zero attached hydrogens (tertiary/aromatic N) is 1. The second kappa shape index (κ2) is 8.97. The minimum Gasteiger partial charge on any atom is -0.326 e. The molecule has 3 rings (SSSR count). The van der Waals surface area contributed by atoms with Crippen molar-refractivity contribution in [2.75, 3.05) is 23.1 Å². The highest BCUT2D eigenvalue weighted by Gasteiger charge is 2.31. The monoisotopic (exact) mass is 465 g/mol. The number of piperidine rings is 1. The van der Waals surface area contributed by atoms with Gasteiger partial charge in [-0.15, -0.1) is 0 Å². The molecule has 2 N–H and O–H groups in total. The van der Waals surface area contributed by atoms with Gasteiger partial charge in [-0.05, 0) is 66.8 Å². The molecule has 31 heavy (non-hydrogen) atoms. The second-order valence-electron chi connectivity index (χ2n) is 8.10. The normalized spacial score (nSPS) is 20.2. The molecule has 2 aromatic rings. The largest absolute Gasteiger partial charge is 0.326 e. The Morgan fingerprint density at radius 3 is 1.84 bits per heavy atom. The van der Waals surface area contributed by atoms with E-state index in [2.05, 4.69) is 10.0 Å². The lowest BCUT2D eigenvalue weighted by atomic mass is 9.94. The Morgan fingerprint density at radius 1 is 0.839 bits per heavy atom. The average molecular weight is 466 g/mol. The van der Waals surface area contributed by atoms with Gasteiger partial charge in [0.1, 0.15) is 0 Å². The first kappa shape index (κ1) is 23.2. The average Bonchev–Trinajstić information content (AvgIpc) is 2.67. The maximum absolute atomic E-state index is 13.0. The van der Waals surface area contributed by atoms with Gasteiger partial charge in [0.25, 0.3) is 10.0 Å². The third kappa shape index (κ3) is 5.63. The molecule has 0 radical (unpaired) electrons. The van der Waals surface area contributed by atoms with E-state index >= 15 is 0 Å². The maximum Gasteiger partial charge on any atom is 0.261 e. The van der Waals surface area contributed by atoms with Gasteiger partial charge in [0.15, 0.2) is 0 Å². The molecule has 0 spiro atoms. The summed E-state index contributed by atoms with van der Waals surface area (Å²) >= 11 is 0. The van der Waals surface area contributed by atoms with Crippen molar-refractivity contribution in [3.05, 3.63) is 48.5 Å². The summed E-state index contributed by atoms with van der Waals surface area (Å²) in [6.45, 7) is 6.41. The molecular formula is C21H27N3O5S2. The van der Waals surface area contributed by atoms with Crippen LogP contribution in [0.5, 0.6) is 0 Å².